The third-order valence-corrected chi connectivity index (χ3v) is 4.21. The third-order valence-electron chi connectivity index (χ3n) is 2.49. The van der Waals surface area contributed by atoms with Crippen molar-refractivity contribution in [2.75, 3.05) is 5.73 Å². The monoisotopic (exact) mass is 338 g/mol. The maximum Gasteiger partial charge on any atom is 0.356 e. The summed E-state index contributed by atoms with van der Waals surface area (Å²) in [5, 5.41) is 14.7. The summed E-state index contributed by atoms with van der Waals surface area (Å²) in [6.45, 7) is 0. The van der Waals surface area contributed by atoms with E-state index in [0.29, 0.717) is 17.2 Å². The lowest BCUT2D eigenvalue weighted by Crippen LogP contribution is -2.02. The third kappa shape index (κ3) is 2.08. The molecule has 3 aromatic heterocycles. The van der Waals surface area contributed by atoms with Crippen LogP contribution in [0.15, 0.2) is 28.1 Å². The molecule has 0 unspecified atom stereocenters. The molecule has 0 bridgehead atoms. The number of aromatic nitrogens is 3. The normalized spacial score (nSPS) is 11.0. The molecule has 0 spiro atoms. The van der Waals surface area contributed by atoms with Crippen molar-refractivity contribution in [3.8, 4) is 10.6 Å². The molecule has 0 fully saturated rings. The zero-order valence-electron chi connectivity index (χ0n) is 9.37. The summed E-state index contributed by atoms with van der Waals surface area (Å²) in [5.41, 5.74) is 6.90. The number of carboxylic acid groups (broad SMARTS) is 1. The fourth-order valence-electron chi connectivity index (χ4n) is 1.68. The largest absolute Gasteiger partial charge is 0.476 e. The average molecular weight is 339 g/mol. The number of carbonyl (C=O) groups is 1. The lowest BCUT2D eigenvalue weighted by atomic mass is 10.3. The van der Waals surface area contributed by atoms with Crippen molar-refractivity contribution >= 4 is 44.7 Å². The Hall–Kier alpha value is -1.93. The van der Waals surface area contributed by atoms with Gasteiger partial charge in [-0.15, -0.1) is 11.3 Å². The van der Waals surface area contributed by atoms with Gasteiger partial charge in [-0.3, -0.25) is 0 Å². The first kappa shape index (κ1) is 12.1. The van der Waals surface area contributed by atoms with E-state index >= 15 is 0 Å². The summed E-state index contributed by atoms with van der Waals surface area (Å²) < 4.78 is 2.28. The summed E-state index contributed by atoms with van der Waals surface area (Å²) in [5.74, 6) is -0.762. The molecular weight excluding hydrogens is 332 g/mol. The Morgan fingerprint density at radius 3 is 2.84 bits per heavy atom. The Kier molecular flexibility index (Phi) is 2.76. The molecule has 3 heterocycles. The highest BCUT2D eigenvalue weighted by Gasteiger charge is 2.13. The summed E-state index contributed by atoms with van der Waals surface area (Å²) in [6.07, 6.45) is 0. The number of rotatable bonds is 2. The van der Waals surface area contributed by atoms with Crippen LogP contribution in [0.25, 0.3) is 16.2 Å². The number of anilines is 1. The number of nitrogens with zero attached hydrogens (tertiary/aromatic N) is 3. The van der Waals surface area contributed by atoms with Gasteiger partial charge in [-0.05, 0) is 22.0 Å². The van der Waals surface area contributed by atoms with Crippen LogP contribution in [-0.2, 0) is 0 Å². The fourth-order valence-corrected chi connectivity index (χ4v) is 3.06. The van der Waals surface area contributed by atoms with E-state index in [0.717, 1.165) is 9.35 Å². The van der Waals surface area contributed by atoms with Gasteiger partial charge in [0.25, 0.3) is 0 Å². The maximum atomic E-state index is 10.9. The van der Waals surface area contributed by atoms with Gasteiger partial charge in [0.15, 0.2) is 11.3 Å². The molecule has 0 saturated carbocycles. The number of aromatic carboxylic acids is 1. The quantitative estimate of drug-likeness (QED) is 0.748. The average Bonchev–Trinajstić information content (AvgIpc) is 2.95. The van der Waals surface area contributed by atoms with Gasteiger partial charge in [0.05, 0.1) is 10.6 Å². The molecule has 6 nitrogen and oxygen atoms in total. The number of fused-ring (bicyclic) bond motifs is 1. The van der Waals surface area contributed by atoms with Gasteiger partial charge < -0.3 is 10.8 Å². The Labute approximate surface area is 119 Å². The van der Waals surface area contributed by atoms with Gasteiger partial charge in [-0.1, -0.05) is 0 Å². The Balaban J connectivity index is 2.21. The van der Waals surface area contributed by atoms with Crippen molar-refractivity contribution in [2.24, 2.45) is 0 Å². The zero-order valence-corrected chi connectivity index (χ0v) is 11.8. The highest BCUT2D eigenvalue weighted by atomic mass is 79.9. The van der Waals surface area contributed by atoms with Gasteiger partial charge in [0.1, 0.15) is 5.82 Å². The molecule has 96 valence electrons. The molecule has 0 aliphatic rings. The number of thiophene rings is 1. The van der Waals surface area contributed by atoms with Crippen LogP contribution in [0.3, 0.4) is 0 Å². The topological polar surface area (TPSA) is 93.5 Å². The number of carboxylic acids is 1. The van der Waals surface area contributed by atoms with Crippen LogP contribution in [-0.4, -0.2) is 25.7 Å². The van der Waals surface area contributed by atoms with E-state index < -0.39 is 5.97 Å². The summed E-state index contributed by atoms with van der Waals surface area (Å²) >= 11 is 4.90. The molecular formula is C11H7BrN4O2S. The lowest BCUT2D eigenvalue weighted by molar-refractivity contribution is 0.0690. The van der Waals surface area contributed by atoms with Gasteiger partial charge >= 0.3 is 5.97 Å². The Bertz CT molecular complexity index is 795. The SMILES string of the molecule is Nc1cc(-c2cc(Br)cs2)nc2cc(C(=O)O)nn12. The maximum absolute atomic E-state index is 10.9. The van der Waals surface area contributed by atoms with Crippen molar-refractivity contribution in [2.45, 2.75) is 0 Å². The minimum Gasteiger partial charge on any atom is -0.476 e. The number of nitrogens with two attached hydrogens (primary N) is 1. The summed E-state index contributed by atoms with van der Waals surface area (Å²) in [4.78, 5) is 16.2. The van der Waals surface area contributed by atoms with Gasteiger partial charge in [0.2, 0.25) is 0 Å². The predicted molar refractivity (Wildman–Crippen MR) is 75.4 cm³/mol. The summed E-state index contributed by atoms with van der Waals surface area (Å²) in [7, 11) is 0. The van der Waals surface area contributed by atoms with Crippen molar-refractivity contribution in [1.82, 2.24) is 14.6 Å². The first-order chi connectivity index (χ1) is 9.04. The van der Waals surface area contributed by atoms with Crippen LogP contribution in [0.4, 0.5) is 5.82 Å². The van der Waals surface area contributed by atoms with Crippen LogP contribution >= 0.6 is 27.3 Å². The second-order valence-electron chi connectivity index (χ2n) is 3.80. The van der Waals surface area contributed by atoms with Crippen LogP contribution in [0.1, 0.15) is 10.5 Å². The van der Waals surface area contributed by atoms with Gasteiger partial charge in [-0.25, -0.2) is 9.78 Å². The van der Waals surface area contributed by atoms with E-state index in [1.807, 2.05) is 11.4 Å². The second-order valence-corrected chi connectivity index (χ2v) is 5.63. The molecule has 0 radical (unpaired) electrons. The Morgan fingerprint density at radius 1 is 1.42 bits per heavy atom. The second kappa shape index (κ2) is 4.32. The van der Waals surface area contributed by atoms with Crippen molar-refractivity contribution in [1.29, 1.82) is 0 Å². The van der Waals surface area contributed by atoms with E-state index in [1.54, 1.807) is 6.07 Å². The van der Waals surface area contributed by atoms with Crippen molar-refractivity contribution in [3.63, 3.8) is 0 Å². The molecule has 0 aliphatic heterocycles. The molecule has 3 N–H and O–H groups in total. The highest BCUT2D eigenvalue weighted by molar-refractivity contribution is 9.10. The molecule has 3 rings (SSSR count). The van der Waals surface area contributed by atoms with Crippen LogP contribution in [0, 0.1) is 0 Å². The van der Waals surface area contributed by atoms with Crippen LogP contribution in [0.2, 0.25) is 0 Å². The molecule has 0 aliphatic carbocycles. The number of hydrogen-bond donors (Lipinski definition) is 2. The van der Waals surface area contributed by atoms with E-state index in [9.17, 15) is 4.79 Å². The highest BCUT2D eigenvalue weighted by Crippen LogP contribution is 2.30. The van der Waals surface area contributed by atoms with Gasteiger partial charge in [-0.2, -0.15) is 9.61 Å². The molecule has 0 saturated heterocycles. The zero-order chi connectivity index (χ0) is 13.6. The minimum atomic E-state index is -1.11. The lowest BCUT2D eigenvalue weighted by Gasteiger charge is -2.01. The first-order valence-corrected chi connectivity index (χ1v) is 6.86. The van der Waals surface area contributed by atoms with Crippen LogP contribution < -0.4 is 5.73 Å². The first-order valence-electron chi connectivity index (χ1n) is 5.18. The molecule has 8 heteroatoms. The number of halogens is 1. The number of hydrogen-bond acceptors (Lipinski definition) is 5. The summed E-state index contributed by atoms with van der Waals surface area (Å²) in [6, 6.07) is 4.99. The van der Waals surface area contributed by atoms with Crippen molar-refractivity contribution in [3.05, 3.63) is 33.7 Å². The molecule has 3 aromatic rings. The molecule has 0 atom stereocenters. The van der Waals surface area contributed by atoms with E-state index in [1.165, 1.54) is 21.9 Å². The predicted octanol–water partition coefficient (Wildman–Crippen LogP) is 2.50. The van der Waals surface area contributed by atoms with E-state index in [4.69, 9.17) is 10.8 Å². The number of nitrogen functional groups attached to an aromatic ring is 1. The standard InChI is InChI=1S/C11H7BrN4O2S/c12-5-1-8(19-4-5)6-2-9(13)16-10(14-6)3-7(15-16)11(17)18/h1-4H,13H2,(H,17,18). The fraction of sp³-hybridized carbons (Fsp3) is 0. The van der Waals surface area contributed by atoms with E-state index in [2.05, 4.69) is 26.0 Å². The molecule has 0 aromatic carbocycles. The molecule has 0 amide bonds. The Morgan fingerprint density at radius 2 is 2.21 bits per heavy atom. The van der Waals surface area contributed by atoms with Crippen molar-refractivity contribution < 1.29 is 9.90 Å². The smallest absolute Gasteiger partial charge is 0.356 e. The van der Waals surface area contributed by atoms with Crippen LogP contribution in [0.5, 0.6) is 0 Å². The van der Waals surface area contributed by atoms with E-state index in [-0.39, 0.29) is 5.69 Å². The molecule has 19 heavy (non-hydrogen) atoms. The van der Waals surface area contributed by atoms with Gasteiger partial charge in [0, 0.05) is 22.0 Å². The minimum absolute atomic E-state index is 0.0799.